The summed E-state index contributed by atoms with van der Waals surface area (Å²) in [5, 5.41) is 7.43. The standard InChI is InChI=1S/C23H23F2N7/c1-14-29-22(27-12-16-3-2-4-20(31-16)32-9-7-26-8-10-32)21-17(13-28-23(21)30-14)15-5-6-18(24)19(25)11-15/h2-6,11,13,26H,7-10,12H2,1H3,(H2,27,28,29,30). The van der Waals surface area contributed by atoms with Crippen LogP contribution in [0.15, 0.2) is 42.6 Å². The molecule has 0 radical (unpaired) electrons. The maximum Gasteiger partial charge on any atom is 0.159 e. The van der Waals surface area contributed by atoms with Gasteiger partial charge in [0.05, 0.1) is 17.6 Å². The highest BCUT2D eigenvalue weighted by Crippen LogP contribution is 2.33. The fraction of sp³-hybridized carbons (Fsp3) is 0.261. The zero-order valence-corrected chi connectivity index (χ0v) is 17.6. The topological polar surface area (TPSA) is 81.8 Å². The number of benzene rings is 1. The van der Waals surface area contributed by atoms with Gasteiger partial charge in [0.15, 0.2) is 11.6 Å². The molecule has 0 bridgehead atoms. The molecule has 1 saturated heterocycles. The number of nitrogens with zero attached hydrogens (tertiary/aromatic N) is 4. The molecule has 5 rings (SSSR count). The molecule has 1 aliphatic rings. The summed E-state index contributed by atoms with van der Waals surface area (Å²) in [5.74, 6) is 0.394. The lowest BCUT2D eigenvalue weighted by Crippen LogP contribution is -2.43. The number of fused-ring (bicyclic) bond motifs is 1. The van der Waals surface area contributed by atoms with E-state index in [-0.39, 0.29) is 0 Å². The van der Waals surface area contributed by atoms with E-state index in [9.17, 15) is 8.78 Å². The van der Waals surface area contributed by atoms with E-state index < -0.39 is 11.6 Å². The number of aryl methyl sites for hydroxylation is 1. The molecule has 0 atom stereocenters. The minimum atomic E-state index is -0.895. The Morgan fingerprint density at radius 2 is 1.88 bits per heavy atom. The maximum atomic E-state index is 13.8. The van der Waals surface area contributed by atoms with E-state index in [1.807, 2.05) is 25.1 Å². The van der Waals surface area contributed by atoms with Crippen LogP contribution in [0, 0.1) is 18.6 Å². The smallest absolute Gasteiger partial charge is 0.159 e. The van der Waals surface area contributed by atoms with Crippen LogP contribution in [-0.2, 0) is 6.54 Å². The molecule has 164 valence electrons. The first-order valence-electron chi connectivity index (χ1n) is 10.5. The highest BCUT2D eigenvalue weighted by Gasteiger charge is 2.16. The highest BCUT2D eigenvalue weighted by atomic mass is 19.2. The second kappa shape index (κ2) is 8.51. The van der Waals surface area contributed by atoms with Crippen LogP contribution in [0.2, 0.25) is 0 Å². The molecule has 4 heterocycles. The molecule has 0 spiro atoms. The van der Waals surface area contributed by atoms with Crippen LogP contribution >= 0.6 is 0 Å². The van der Waals surface area contributed by atoms with E-state index in [4.69, 9.17) is 4.98 Å². The zero-order valence-electron chi connectivity index (χ0n) is 17.6. The molecular formula is C23H23F2N7. The summed E-state index contributed by atoms with van der Waals surface area (Å²) < 4.78 is 27.3. The third-order valence-electron chi connectivity index (χ3n) is 5.54. The van der Waals surface area contributed by atoms with Gasteiger partial charge in [-0.05, 0) is 36.8 Å². The van der Waals surface area contributed by atoms with Crippen LogP contribution in [0.25, 0.3) is 22.2 Å². The number of hydrogen-bond acceptors (Lipinski definition) is 6. The molecule has 0 aliphatic carbocycles. The Balaban J connectivity index is 1.45. The average molecular weight is 435 g/mol. The number of H-pyrrole nitrogens is 1. The largest absolute Gasteiger partial charge is 0.364 e. The van der Waals surface area contributed by atoms with E-state index in [0.717, 1.165) is 49.1 Å². The van der Waals surface area contributed by atoms with E-state index in [1.54, 1.807) is 12.3 Å². The number of piperazine rings is 1. The van der Waals surface area contributed by atoms with Crippen LogP contribution in [0.1, 0.15) is 11.5 Å². The van der Waals surface area contributed by atoms with Crippen LogP contribution in [0.5, 0.6) is 0 Å². The third-order valence-corrected chi connectivity index (χ3v) is 5.54. The number of rotatable bonds is 5. The first kappa shape index (κ1) is 20.3. The van der Waals surface area contributed by atoms with Crippen molar-refractivity contribution in [3.05, 3.63) is 65.7 Å². The predicted molar refractivity (Wildman–Crippen MR) is 121 cm³/mol. The lowest BCUT2D eigenvalue weighted by molar-refractivity contribution is 0.509. The van der Waals surface area contributed by atoms with Gasteiger partial charge in [-0.3, -0.25) is 0 Å². The van der Waals surface area contributed by atoms with Crippen LogP contribution in [0.3, 0.4) is 0 Å². The molecule has 0 unspecified atom stereocenters. The summed E-state index contributed by atoms with van der Waals surface area (Å²) in [6.07, 6.45) is 1.74. The number of pyridine rings is 1. The molecule has 4 aromatic rings. The Bertz CT molecular complexity index is 1260. The van der Waals surface area contributed by atoms with Crippen molar-refractivity contribution < 1.29 is 8.78 Å². The number of anilines is 2. The van der Waals surface area contributed by atoms with Gasteiger partial charge in [-0.25, -0.2) is 23.7 Å². The lowest BCUT2D eigenvalue weighted by atomic mass is 10.1. The van der Waals surface area contributed by atoms with Gasteiger partial charge in [-0.2, -0.15) is 0 Å². The fourth-order valence-corrected chi connectivity index (χ4v) is 3.97. The molecule has 1 fully saturated rings. The molecule has 0 amide bonds. The monoisotopic (exact) mass is 435 g/mol. The molecule has 7 nitrogen and oxygen atoms in total. The van der Waals surface area contributed by atoms with Gasteiger partial charge in [0.2, 0.25) is 0 Å². The first-order valence-corrected chi connectivity index (χ1v) is 10.5. The Labute approximate surface area is 183 Å². The maximum absolute atomic E-state index is 13.8. The Morgan fingerprint density at radius 1 is 1.03 bits per heavy atom. The summed E-state index contributed by atoms with van der Waals surface area (Å²) in [6.45, 7) is 6.03. The van der Waals surface area contributed by atoms with Crippen molar-refractivity contribution in [3.63, 3.8) is 0 Å². The van der Waals surface area contributed by atoms with Crippen LogP contribution < -0.4 is 15.5 Å². The Kier molecular flexibility index (Phi) is 5.40. The van der Waals surface area contributed by atoms with Crippen molar-refractivity contribution in [1.82, 2.24) is 25.3 Å². The number of nitrogens with one attached hydrogen (secondary N) is 3. The van der Waals surface area contributed by atoms with Gasteiger partial charge >= 0.3 is 0 Å². The molecule has 9 heteroatoms. The van der Waals surface area contributed by atoms with E-state index >= 15 is 0 Å². The van der Waals surface area contributed by atoms with Gasteiger partial charge in [0.1, 0.15) is 23.1 Å². The first-order chi connectivity index (χ1) is 15.6. The van der Waals surface area contributed by atoms with Crippen molar-refractivity contribution in [3.8, 4) is 11.1 Å². The molecule has 32 heavy (non-hydrogen) atoms. The van der Waals surface area contributed by atoms with E-state index in [2.05, 4.69) is 30.5 Å². The van der Waals surface area contributed by atoms with E-state index in [1.165, 1.54) is 6.07 Å². The Hall–Kier alpha value is -3.59. The fourth-order valence-electron chi connectivity index (χ4n) is 3.97. The van der Waals surface area contributed by atoms with Gasteiger partial charge in [-0.1, -0.05) is 12.1 Å². The number of halogens is 2. The minimum Gasteiger partial charge on any atom is -0.364 e. The quantitative estimate of drug-likeness (QED) is 0.444. The SMILES string of the molecule is Cc1nc(NCc2cccc(N3CCNCC3)n2)c2c(-c3ccc(F)c(F)c3)c[nH]c2n1. The number of aromatic nitrogens is 4. The summed E-state index contributed by atoms with van der Waals surface area (Å²) >= 11 is 0. The highest BCUT2D eigenvalue weighted by molar-refractivity contribution is 6.01. The van der Waals surface area contributed by atoms with E-state index in [0.29, 0.717) is 35.0 Å². The molecule has 3 N–H and O–H groups in total. The van der Waals surface area contributed by atoms with Crippen LogP contribution in [0.4, 0.5) is 20.4 Å². The summed E-state index contributed by atoms with van der Waals surface area (Å²) in [5.41, 5.74) is 2.76. The summed E-state index contributed by atoms with van der Waals surface area (Å²) in [6, 6.07) is 9.85. The summed E-state index contributed by atoms with van der Waals surface area (Å²) in [4.78, 5) is 19.2. The normalized spacial score (nSPS) is 14.2. The Morgan fingerprint density at radius 3 is 2.69 bits per heavy atom. The summed E-state index contributed by atoms with van der Waals surface area (Å²) in [7, 11) is 0. The molecule has 3 aromatic heterocycles. The second-order valence-electron chi connectivity index (χ2n) is 7.75. The average Bonchev–Trinajstić information content (AvgIpc) is 3.24. The van der Waals surface area contributed by atoms with Crippen molar-refractivity contribution in [2.24, 2.45) is 0 Å². The zero-order chi connectivity index (χ0) is 22.1. The van der Waals surface area contributed by atoms with Gasteiger partial charge < -0.3 is 20.5 Å². The molecule has 0 saturated carbocycles. The van der Waals surface area contributed by atoms with Crippen molar-refractivity contribution >= 4 is 22.7 Å². The van der Waals surface area contributed by atoms with Gasteiger partial charge in [-0.15, -0.1) is 0 Å². The van der Waals surface area contributed by atoms with Crippen molar-refractivity contribution in [2.75, 3.05) is 36.4 Å². The van der Waals surface area contributed by atoms with Crippen molar-refractivity contribution in [1.29, 1.82) is 0 Å². The van der Waals surface area contributed by atoms with Gasteiger partial charge in [0, 0.05) is 37.9 Å². The number of hydrogen-bond donors (Lipinski definition) is 3. The number of aromatic amines is 1. The third kappa shape index (κ3) is 3.99. The van der Waals surface area contributed by atoms with Crippen molar-refractivity contribution in [2.45, 2.75) is 13.5 Å². The van der Waals surface area contributed by atoms with Crippen LogP contribution in [-0.4, -0.2) is 46.1 Å². The molecule has 1 aliphatic heterocycles. The second-order valence-corrected chi connectivity index (χ2v) is 7.75. The minimum absolute atomic E-state index is 0.466. The molecule has 1 aromatic carbocycles. The predicted octanol–water partition coefficient (Wildman–Crippen LogP) is 3.63. The molecular weight excluding hydrogens is 412 g/mol. The van der Waals surface area contributed by atoms with Gasteiger partial charge in [0.25, 0.3) is 0 Å². The lowest BCUT2D eigenvalue weighted by Gasteiger charge is -2.28.